The van der Waals surface area contributed by atoms with E-state index in [1.807, 2.05) is 12.1 Å². The van der Waals surface area contributed by atoms with Gasteiger partial charge in [-0.1, -0.05) is 6.92 Å². The second-order valence-electron chi connectivity index (χ2n) is 13.3. The zero-order valence-electron chi connectivity index (χ0n) is 28.7. The third kappa shape index (κ3) is 7.32. The van der Waals surface area contributed by atoms with Gasteiger partial charge in [0.25, 0.3) is 0 Å². The van der Waals surface area contributed by atoms with Crippen molar-refractivity contribution in [3.8, 4) is 5.75 Å². The van der Waals surface area contributed by atoms with E-state index in [1.54, 1.807) is 19.2 Å². The monoisotopic (exact) mass is 697 g/mol. The molecule has 2 saturated heterocycles. The number of alkyl halides is 3. The van der Waals surface area contributed by atoms with Crippen molar-refractivity contribution < 1.29 is 22.5 Å². The zero-order chi connectivity index (χ0) is 35.1. The van der Waals surface area contributed by atoms with Crippen LogP contribution in [-0.2, 0) is 17.2 Å². The summed E-state index contributed by atoms with van der Waals surface area (Å²) in [6, 6.07) is 8.31. The van der Waals surface area contributed by atoms with Crippen LogP contribution in [0.4, 0.5) is 42.0 Å². The number of aryl methyl sites for hydroxylation is 1. The topological polar surface area (TPSA) is 112 Å². The zero-order valence-corrected chi connectivity index (χ0v) is 29.6. The molecule has 4 aromatic rings. The summed E-state index contributed by atoms with van der Waals surface area (Å²) in [6.45, 7) is 9.24. The van der Waals surface area contributed by atoms with Crippen molar-refractivity contribution in [1.29, 1.82) is 0 Å². The van der Waals surface area contributed by atoms with Gasteiger partial charge in [0.05, 0.1) is 29.3 Å². The van der Waals surface area contributed by atoms with E-state index in [4.69, 9.17) is 4.74 Å². The van der Waals surface area contributed by atoms with E-state index in [2.05, 4.69) is 66.3 Å². The van der Waals surface area contributed by atoms with Crippen molar-refractivity contribution in [2.75, 3.05) is 76.2 Å². The van der Waals surface area contributed by atoms with Gasteiger partial charge in [-0.15, -0.1) is 0 Å². The molecule has 0 saturated carbocycles. The predicted molar refractivity (Wildman–Crippen MR) is 189 cm³/mol. The lowest BCUT2D eigenvalue weighted by Gasteiger charge is -2.49. The third-order valence-electron chi connectivity index (χ3n) is 9.47. The number of nitrogens with zero attached hydrogens (tertiary/aromatic N) is 7. The second-order valence-corrected chi connectivity index (χ2v) is 16.4. The molecule has 49 heavy (non-hydrogen) atoms. The number of aromatic nitrogens is 4. The number of fused-ring (bicyclic) bond motifs is 1. The van der Waals surface area contributed by atoms with Gasteiger partial charge < -0.3 is 29.7 Å². The fourth-order valence-electron chi connectivity index (χ4n) is 6.70. The average molecular weight is 698 g/mol. The van der Waals surface area contributed by atoms with E-state index in [1.165, 1.54) is 25.7 Å². The van der Waals surface area contributed by atoms with Gasteiger partial charge in [-0.2, -0.15) is 18.2 Å². The lowest BCUT2D eigenvalue weighted by Crippen LogP contribution is -2.62. The van der Waals surface area contributed by atoms with Crippen molar-refractivity contribution >= 4 is 52.3 Å². The molecule has 2 aliphatic heterocycles. The van der Waals surface area contributed by atoms with Crippen molar-refractivity contribution in [3.63, 3.8) is 0 Å². The molecule has 0 aliphatic carbocycles. The number of rotatable bonds is 10. The third-order valence-corrected chi connectivity index (χ3v) is 11.0. The van der Waals surface area contributed by atoms with E-state index in [-0.39, 0.29) is 16.9 Å². The molecule has 2 aliphatic rings. The van der Waals surface area contributed by atoms with Crippen LogP contribution in [0.15, 0.2) is 42.9 Å². The Bertz CT molecular complexity index is 1870. The molecule has 2 aromatic carbocycles. The lowest BCUT2D eigenvalue weighted by molar-refractivity contribution is -0.137. The number of hydrogen-bond donors (Lipinski definition) is 2. The Morgan fingerprint density at radius 2 is 1.73 bits per heavy atom. The Kier molecular flexibility index (Phi) is 9.76. The molecule has 0 amide bonds. The second kappa shape index (κ2) is 13.7. The van der Waals surface area contributed by atoms with Crippen LogP contribution in [0.1, 0.15) is 30.9 Å². The molecule has 2 fully saturated rings. The van der Waals surface area contributed by atoms with Gasteiger partial charge in [0.15, 0.2) is 0 Å². The number of methoxy groups -OCH3 is 1. The first-order valence-electron chi connectivity index (χ1n) is 16.4. The van der Waals surface area contributed by atoms with Gasteiger partial charge in [0.2, 0.25) is 5.95 Å². The number of likely N-dealkylation sites (N-methyl/N-ethyl adjacent to an activating group) is 1. The highest BCUT2D eigenvalue weighted by atomic mass is 31.2. The number of benzene rings is 2. The van der Waals surface area contributed by atoms with Crippen LogP contribution in [0.3, 0.4) is 0 Å². The number of nitrogens with one attached hydrogen (secondary N) is 2. The fourth-order valence-corrected chi connectivity index (χ4v) is 8.10. The van der Waals surface area contributed by atoms with E-state index in [0.29, 0.717) is 34.6 Å². The molecule has 2 N–H and O–H groups in total. The van der Waals surface area contributed by atoms with Crippen LogP contribution < -0.4 is 25.6 Å². The first kappa shape index (κ1) is 34.8. The summed E-state index contributed by atoms with van der Waals surface area (Å²) in [5.41, 5.74) is 2.65. The van der Waals surface area contributed by atoms with Crippen LogP contribution in [-0.4, -0.2) is 103 Å². The smallest absolute Gasteiger partial charge is 0.421 e. The van der Waals surface area contributed by atoms with Crippen molar-refractivity contribution in [2.45, 2.75) is 44.4 Å². The van der Waals surface area contributed by atoms with Crippen LogP contribution >= 0.6 is 7.14 Å². The first-order chi connectivity index (χ1) is 23.3. The van der Waals surface area contributed by atoms with Crippen LogP contribution in [0, 0.1) is 0 Å². The highest BCUT2D eigenvalue weighted by Gasteiger charge is 2.37. The predicted octanol–water partition coefficient (Wildman–Crippen LogP) is 5.96. The van der Waals surface area contributed by atoms with E-state index in [9.17, 15) is 17.7 Å². The molecular weight excluding hydrogens is 654 g/mol. The fraction of sp³-hybridized carbons (Fsp3) is 0.471. The summed E-state index contributed by atoms with van der Waals surface area (Å²) in [4.78, 5) is 24.2. The number of piperidine rings is 1. The van der Waals surface area contributed by atoms with Crippen LogP contribution in [0.5, 0.6) is 5.75 Å². The lowest BCUT2D eigenvalue weighted by atomic mass is 9.96. The van der Waals surface area contributed by atoms with E-state index < -0.39 is 24.7 Å². The van der Waals surface area contributed by atoms with E-state index >= 15 is 0 Å². The number of anilines is 5. The molecule has 2 aromatic heterocycles. The van der Waals surface area contributed by atoms with E-state index in [0.717, 1.165) is 62.9 Å². The SMILES string of the molecule is CCc1cc(Nc2ncc(C(F)(F)F)c(Nc3ccc4nccnc4c3P(C)(C)=O)n2)c(OC)cc1N1CCC(N2CC(N(C)C)C2)CC1. The summed E-state index contributed by atoms with van der Waals surface area (Å²) < 4.78 is 61.9. The molecule has 0 spiro atoms. The maximum absolute atomic E-state index is 14.2. The molecule has 15 heteroatoms. The largest absolute Gasteiger partial charge is 0.494 e. The standard InChI is InChI=1S/C34H43F3N9O2P/c1-7-21-16-27(29(48-4)17-28(21)45-14-10-22(11-15-45)46-19-23(20-46)44(2)3)42-33-40-18-24(34(35,36)37)32(43-33)41-26-9-8-25-30(39-13-12-38-25)31(26)49(5,6)47/h8-9,12-13,16-18,22-23H,7,10-11,14-15,19-20H2,1-6H3,(H2,40,41,42,43). The number of likely N-dealkylation sites (tertiary alicyclic amines) is 1. The Balaban J connectivity index is 1.27. The minimum Gasteiger partial charge on any atom is -0.494 e. The van der Waals surface area contributed by atoms with Crippen LogP contribution in [0.25, 0.3) is 11.0 Å². The van der Waals surface area contributed by atoms with Crippen molar-refractivity contribution in [2.24, 2.45) is 0 Å². The summed E-state index contributed by atoms with van der Waals surface area (Å²) in [5, 5.41) is 6.19. The summed E-state index contributed by atoms with van der Waals surface area (Å²) in [5.74, 6) is -0.0262. The van der Waals surface area contributed by atoms with Crippen molar-refractivity contribution in [3.05, 3.63) is 54.0 Å². The minimum atomic E-state index is -4.76. The molecule has 262 valence electrons. The average Bonchev–Trinajstić information content (AvgIpc) is 3.03. The first-order valence-corrected chi connectivity index (χ1v) is 19.0. The Morgan fingerprint density at radius 1 is 1.02 bits per heavy atom. The number of hydrogen-bond acceptors (Lipinski definition) is 11. The summed E-state index contributed by atoms with van der Waals surface area (Å²) >= 11 is 0. The minimum absolute atomic E-state index is 0.0618. The molecular formula is C34H43F3N9O2P. The van der Waals surface area contributed by atoms with Crippen LogP contribution in [0.2, 0.25) is 0 Å². The molecule has 0 radical (unpaired) electrons. The molecule has 4 heterocycles. The Labute approximate surface area is 284 Å². The molecule has 6 rings (SSSR count). The molecule has 0 bridgehead atoms. The van der Waals surface area contributed by atoms with Gasteiger partial charge in [-0.3, -0.25) is 14.9 Å². The molecule has 11 nitrogen and oxygen atoms in total. The number of halogens is 3. The summed E-state index contributed by atoms with van der Waals surface area (Å²) in [6.07, 6.45) is 1.84. The van der Waals surface area contributed by atoms with Crippen molar-refractivity contribution in [1.82, 2.24) is 29.7 Å². The van der Waals surface area contributed by atoms with Gasteiger partial charge in [-0.05, 0) is 70.5 Å². The van der Waals surface area contributed by atoms with Gasteiger partial charge in [0, 0.05) is 68.6 Å². The normalized spacial score (nSPS) is 16.7. The highest BCUT2D eigenvalue weighted by Crippen LogP contribution is 2.43. The molecule has 0 unspecified atom stereocenters. The molecule has 0 atom stereocenters. The summed E-state index contributed by atoms with van der Waals surface area (Å²) in [7, 11) is 2.79. The highest BCUT2D eigenvalue weighted by molar-refractivity contribution is 7.71. The van der Waals surface area contributed by atoms with Gasteiger partial charge in [0.1, 0.15) is 29.8 Å². The quantitative estimate of drug-likeness (QED) is 0.192. The Hall–Kier alpha value is -4.00. The maximum Gasteiger partial charge on any atom is 0.421 e. The Morgan fingerprint density at radius 3 is 2.37 bits per heavy atom. The maximum atomic E-state index is 14.2. The van der Waals surface area contributed by atoms with Gasteiger partial charge >= 0.3 is 6.18 Å². The van der Waals surface area contributed by atoms with Gasteiger partial charge in [-0.25, -0.2) is 4.98 Å². The number of ether oxygens (including phenoxy) is 1.